The summed E-state index contributed by atoms with van der Waals surface area (Å²) in [7, 11) is 0. The number of pyridine rings is 3. The van der Waals surface area contributed by atoms with Crippen molar-refractivity contribution in [3.8, 4) is 6.07 Å². The summed E-state index contributed by atoms with van der Waals surface area (Å²) in [5.74, 6) is -1.87. The Hall–Kier alpha value is -3.57. The van der Waals surface area contributed by atoms with Crippen LogP contribution in [0.5, 0.6) is 0 Å². The van der Waals surface area contributed by atoms with Crippen molar-refractivity contribution in [2.75, 3.05) is 13.1 Å². The van der Waals surface area contributed by atoms with Crippen molar-refractivity contribution < 1.29 is 14.3 Å². The summed E-state index contributed by atoms with van der Waals surface area (Å²) in [4.78, 5) is 30.0. The Morgan fingerprint density at radius 1 is 1.23 bits per heavy atom. The van der Waals surface area contributed by atoms with Gasteiger partial charge < -0.3 is 5.11 Å². The number of aromatic nitrogens is 2. The Morgan fingerprint density at radius 3 is 2.67 bits per heavy atom. The third-order valence-electron chi connectivity index (χ3n) is 5.71. The summed E-state index contributed by atoms with van der Waals surface area (Å²) in [5, 5.41) is 19.2. The maximum Gasteiger partial charge on any atom is 0.341 e. The second-order valence-electron chi connectivity index (χ2n) is 7.47. The van der Waals surface area contributed by atoms with Gasteiger partial charge in [-0.25, -0.2) is 9.78 Å². The molecule has 1 aliphatic heterocycles. The first-order valence-corrected chi connectivity index (χ1v) is 9.57. The molecule has 0 atom stereocenters. The highest BCUT2D eigenvalue weighted by Crippen LogP contribution is 2.34. The quantitative estimate of drug-likeness (QED) is 0.669. The summed E-state index contributed by atoms with van der Waals surface area (Å²) < 4.78 is 14.9. The van der Waals surface area contributed by atoms with Crippen LogP contribution in [0.1, 0.15) is 34.5 Å². The normalized spacial score (nSPS) is 16.3. The van der Waals surface area contributed by atoms with E-state index in [0.717, 1.165) is 5.56 Å². The molecule has 1 fully saturated rings. The second kappa shape index (κ2) is 7.69. The molecule has 0 radical (unpaired) electrons. The number of aromatic carboxylic acids is 1. The van der Waals surface area contributed by atoms with Crippen LogP contribution in [0, 0.1) is 17.3 Å². The molecule has 0 saturated carbocycles. The topological polar surface area (TPSA) is 98.7 Å². The number of carbonyl (C=O) groups is 1. The van der Waals surface area contributed by atoms with E-state index in [1.165, 1.54) is 16.5 Å². The molecule has 0 unspecified atom stereocenters. The fourth-order valence-corrected chi connectivity index (χ4v) is 4.04. The van der Waals surface area contributed by atoms with Crippen LogP contribution in [0.3, 0.4) is 0 Å². The number of nitriles is 1. The van der Waals surface area contributed by atoms with Crippen LogP contribution in [-0.2, 0) is 12.0 Å². The average Bonchev–Trinajstić information content (AvgIpc) is 2.76. The Bertz CT molecular complexity index is 1220. The van der Waals surface area contributed by atoms with E-state index in [4.69, 9.17) is 0 Å². The molecule has 0 amide bonds. The van der Waals surface area contributed by atoms with Crippen LogP contribution in [0.2, 0.25) is 0 Å². The number of hydrogen-bond donors (Lipinski definition) is 1. The van der Waals surface area contributed by atoms with Gasteiger partial charge in [0.2, 0.25) is 5.95 Å². The summed E-state index contributed by atoms with van der Waals surface area (Å²) in [6.45, 7) is 1.56. The van der Waals surface area contributed by atoms with Crippen molar-refractivity contribution >= 4 is 11.5 Å². The van der Waals surface area contributed by atoms with E-state index in [-0.39, 0.29) is 5.56 Å². The zero-order valence-electron chi connectivity index (χ0n) is 16.1. The molecule has 8 heteroatoms. The lowest BCUT2D eigenvalue weighted by molar-refractivity contribution is 0.0694. The lowest BCUT2D eigenvalue weighted by atomic mass is 9.76. The van der Waals surface area contributed by atoms with E-state index in [1.807, 2.05) is 0 Å². The molecule has 0 aromatic carbocycles. The van der Waals surface area contributed by atoms with E-state index in [9.17, 15) is 24.3 Å². The number of fused-ring (bicyclic) bond motifs is 1. The minimum Gasteiger partial charge on any atom is -0.477 e. The third kappa shape index (κ3) is 3.44. The van der Waals surface area contributed by atoms with E-state index in [0.29, 0.717) is 43.7 Å². The van der Waals surface area contributed by atoms with Gasteiger partial charge in [-0.05, 0) is 48.7 Å². The highest BCUT2D eigenvalue weighted by molar-refractivity contribution is 5.88. The molecule has 0 bridgehead atoms. The van der Waals surface area contributed by atoms with Crippen LogP contribution >= 0.6 is 0 Å². The molecule has 1 saturated heterocycles. The molecule has 152 valence electrons. The minimum atomic E-state index is -1.26. The van der Waals surface area contributed by atoms with Crippen molar-refractivity contribution in [1.82, 2.24) is 14.3 Å². The van der Waals surface area contributed by atoms with E-state index < -0.39 is 22.9 Å². The first kappa shape index (κ1) is 19.7. The number of hydrogen-bond acceptors (Lipinski definition) is 5. The Morgan fingerprint density at radius 2 is 2.00 bits per heavy atom. The van der Waals surface area contributed by atoms with Gasteiger partial charge in [-0.15, -0.1) is 0 Å². The highest BCUT2D eigenvalue weighted by Gasteiger charge is 2.38. The number of carboxylic acid groups (broad SMARTS) is 1. The molecule has 4 rings (SSSR count). The molecule has 3 aromatic heterocycles. The SMILES string of the molecule is N#CC1(c2cccc(F)n2)CCN(Cc2cc(C(=O)O)c(=O)n3ccccc23)CC1. The highest BCUT2D eigenvalue weighted by atomic mass is 19.1. The predicted molar refractivity (Wildman–Crippen MR) is 107 cm³/mol. The van der Waals surface area contributed by atoms with Gasteiger partial charge in [0.25, 0.3) is 5.56 Å². The lowest BCUT2D eigenvalue weighted by Gasteiger charge is -2.37. The maximum atomic E-state index is 13.6. The molecule has 0 aliphatic carbocycles. The van der Waals surface area contributed by atoms with Crippen LogP contribution in [0.15, 0.2) is 53.5 Å². The molecular formula is C22H19FN4O3. The number of halogens is 1. The third-order valence-corrected chi connectivity index (χ3v) is 5.71. The molecule has 1 N–H and O–H groups in total. The number of rotatable bonds is 4. The number of piperidine rings is 1. The maximum absolute atomic E-state index is 13.6. The zero-order chi connectivity index (χ0) is 21.3. The van der Waals surface area contributed by atoms with Gasteiger partial charge >= 0.3 is 5.97 Å². The van der Waals surface area contributed by atoms with E-state index >= 15 is 0 Å². The van der Waals surface area contributed by atoms with Crippen molar-refractivity contribution in [2.24, 2.45) is 0 Å². The summed E-state index contributed by atoms with van der Waals surface area (Å²) >= 11 is 0. The smallest absolute Gasteiger partial charge is 0.341 e. The molecule has 3 aromatic rings. The standard InChI is InChI=1S/C22H19FN4O3/c23-19-6-3-5-18(25-19)22(14-24)7-10-26(11-8-22)13-15-12-16(21(29)30)20(28)27-9-2-1-4-17(15)27/h1-6,9,12H,7-8,10-11,13H2,(H,29,30). The summed E-state index contributed by atoms with van der Waals surface area (Å²) in [6.07, 6.45) is 2.52. The average molecular weight is 406 g/mol. The minimum absolute atomic E-state index is 0.277. The van der Waals surface area contributed by atoms with E-state index in [1.54, 1.807) is 36.5 Å². The van der Waals surface area contributed by atoms with Crippen LogP contribution in [0.4, 0.5) is 4.39 Å². The van der Waals surface area contributed by atoms with Gasteiger partial charge in [0, 0.05) is 25.8 Å². The molecule has 1 aliphatic rings. The molecular weight excluding hydrogens is 387 g/mol. The number of likely N-dealkylation sites (tertiary alicyclic amines) is 1. The van der Waals surface area contributed by atoms with Crippen molar-refractivity contribution in [2.45, 2.75) is 24.8 Å². The van der Waals surface area contributed by atoms with Gasteiger partial charge in [-0.3, -0.25) is 14.1 Å². The first-order valence-electron chi connectivity index (χ1n) is 9.57. The van der Waals surface area contributed by atoms with Crippen molar-refractivity contribution in [1.29, 1.82) is 5.26 Å². The van der Waals surface area contributed by atoms with Crippen LogP contribution < -0.4 is 5.56 Å². The molecule has 30 heavy (non-hydrogen) atoms. The largest absolute Gasteiger partial charge is 0.477 e. The van der Waals surface area contributed by atoms with Gasteiger partial charge in [0.05, 0.1) is 17.3 Å². The lowest BCUT2D eigenvalue weighted by Crippen LogP contribution is -2.42. The van der Waals surface area contributed by atoms with Gasteiger partial charge in [-0.2, -0.15) is 9.65 Å². The predicted octanol–water partition coefficient (Wildman–Crippen LogP) is 2.59. The Kier molecular flexibility index (Phi) is 5.06. The fourth-order valence-electron chi connectivity index (χ4n) is 4.04. The monoisotopic (exact) mass is 406 g/mol. The van der Waals surface area contributed by atoms with Gasteiger partial charge in [0.1, 0.15) is 11.0 Å². The molecule has 7 nitrogen and oxygen atoms in total. The van der Waals surface area contributed by atoms with Gasteiger partial charge in [0.15, 0.2) is 0 Å². The zero-order valence-corrected chi connectivity index (χ0v) is 16.1. The second-order valence-corrected chi connectivity index (χ2v) is 7.47. The summed E-state index contributed by atoms with van der Waals surface area (Å²) in [5.41, 5.74) is 0.120. The van der Waals surface area contributed by atoms with Crippen LogP contribution in [-0.4, -0.2) is 38.4 Å². The molecule has 4 heterocycles. The number of nitrogens with zero attached hydrogens (tertiary/aromatic N) is 4. The molecule has 0 spiro atoms. The summed E-state index contributed by atoms with van der Waals surface area (Å²) in [6, 6.07) is 13.5. The Labute approximate surface area is 171 Å². The number of carboxylic acids is 1. The first-order chi connectivity index (χ1) is 14.4. The Balaban J connectivity index is 1.61. The fraction of sp³-hybridized carbons (Fsp3) is 0.273. The van der Waals surface area contributed by atoms with Crippen molar-refractivity contribution in [3.05, 3.63) is 81.8 Å². The van der Waals surface area contributed by atoms with Crippen molar-refractivity contribution in [3.63, 3.8) is 0 Å². The van der Waals surface area contributed by atoms with Gasteiger partial charge in [-0.1, -0.05) is 12.1 Å². The van der Waals surface area contributed by atoms with Crippen LogP contribution in [0.25, 0.3) is 5.52 Å². The van der Waals surface area contributed by atoms with E-state index in [2.05, 4.69) is 16.0 Å².